The molecule has 18 heavy (non-hydrogen) atoms. The normalized spacial score (nSPS) is 20.3. The number of hydrogen-bond donors (Lipinski definition) is 1. The third kappa shape index (κ3) is 3.05. The van der Waals surface area contributed by atoms with Gasteiger partial charge in [-0.1, -0.05) is 26.3 Å². The molecule has 100 valence electrons. The van der Waals surface area contributed by atoms with Crippen LogP contribution < -0.4 is 10.1 Å². The molecular formula is C16H25NO. The van der Waals surface area contributed by atoms with Crippen molar-refractivity contribution in [3.8, 4) is 5.75 Å². The van der Waals surface area contributed by atoms with E-state index in [4.69, 9.17) is 4.74 Å². The van der Waals surface area contributed by atoms with Crippen molar-refractivity contribution >= 4 is 0 Å². The number of ether oxygens (including phenoxy) is 1. The second-order valence-electron chi connectivity index (χ2n) is 5.43. The Morgan fingerprint density at radius 3 is 3.00 bits per heavy atom. The van der Waals surface area contributed by atoms with Gasteiger partial charge < -0.3 is 10.1 Å². The molecule has 2 nitrogen and oxygen atoms in total. The van der Waals surface area contributed by atoms with Gasteiger partial charge in [-0.25, -0.2) is 0 Å². The third-order valence-corrected chi connectivity index (χ3v) is 4.07. The summed E-state index contributed by atoms with van der Waals surface area (Å²) in [6.07, 6.45) is 4.97. The van der Waals surface area contributed by atoms with Gasteiger partial charge in [-0.3, -0.25) is 0 Å². The first-order chi connectivity index (χ1) is 8.74. The Hall–Kier alpha value is -1.02. The van der Waals surface area contributed by atoms with Crippen LogP contribution in [0.2, 0.25) is 0 Å². The van der Waals surface area contributed by atoms with Crippen LogP contribution in [0.1, 0.15) is 50.3 Å². The third-order valence-electron chi connectivity index (χ3n) is 4.07. The van der Waals surface area contributed by atoms with Crippen molar-refractivity contribution < 1.29 is 4.74 Å². The molecule has 0 bridgehead atoms. The molecular weight excluding hydrogens is 222 g/mol. The zero-order valence-electron chi connectivity index (χ0n) is 11.8. The van der Waals surface area contributed by atoms with Gasteiger partial charge in [0.1, 0.15) is 5.75 Å². The van der Waals surface area contributed by atoms with Gasteiger partial charge in [0.25, 0.3) is 0 Å². The van der Waals surface area contributed by atoms with Crippen LogP contribution in [0, 0.1) is 5.92 Å². The molecule has 0 saturated heterocycles. The highest BCUT2D eigenvalue weighted by atomic mass is 16.5. The van der Waals surface area contributed by atoms with Crippen molar-refractivity contribution in [2.24, 2.45) is 5.92 Å². The first-order valence-electron chi connectivity index (χ1n) is 7.14. The van der Waals surface area contributed by atoms with E-state index in [1.165, 1.54) is 36.8 Å². The highest BCUT2D eigenvalue weighted by molar-refractivity contribution is 5.39. The summed E-state index contributed by atoms with van der Waals surface area (Å²) in [5.41, 5.74) is 2.94. The lowest BCUT2D eigenvalue weighted by Gasteiger charge is -2.28. The number of fused-ring (bicyclic) bond motifs is 1. The number of rotatable bonds is 5. The van der Waals surface area contributed by atoms with Gasteiger partial charge >= 0.3 is 0 Å². The van der Waals surface area contributed by atoms with E-state index in [-0.39, 0.29) is 0 Å². The van der Waals surface area contributed by atoms with E-state index in [1.54, 1.807) is 7.11 Å². The number of benzene rings is 1. The largest absolute Gasteiger partial charge is 0.497 e. The molecule has 0 radical (unpaired) electrons. The molecule has 2 unspecified atom stereocenters. The van der Waals surface area contributed by atoms with Crippen molar-refractivity contribution in [3.63, 3.8) is 0 Å². The summed E-state index contributed by atoms with van der Waals surface area (Å²) in [4.78, 5) is 0. The minimum absolute atomic E-state index is 0.536. The van der Waals surface area contributed by atoms with Crippen molar-refractivity contribution in [2.45, 2.75) is 45.6 Å². The van der Waals surface area contributed by atoms with Crippen molar-refractivity contribution in [1.29, 1.82) is 0 Å². The van der Waals surface area contributed by atoms with E-state index >= 15 is 0 Å². The van der Waals surface area contributed by atoms with E-state index in [1.807, 2.05) is 0 Å². The minimum atomic E-state index is 0.536. The second-order valence-corrected chi connectivity index (χ2v) is 5.43. The van der Waals surface area contributed by atoms with Gasteiger partial charge in [0.2, 0.25) is 0 Å². The standard InChI is InChI=1S/C16H25NO/c1-4-12(2)11-17-16-7-5-6-13-10-14(18-3)8-9-15(13)16/h8-10,12,16-17H,4-7,11H2,1-3H3. The summed E-state index contributed by atoms with van der Waals surface area (Å²) in [6.45, 7) is 5.68. The van der Waals surface area contributed by atoms with Crippen molar-refractivity contribution in [1.82, 2.24) is 5.32 Å². The molecule has 0 aromatic heterocycles. The monoisotopic (exact) mass is 247 g/mol. The zero-order valence-corrected chi connectivity index (χ0v) is 11.8. The molecule has 0 fully saturated rings. The molecule has 1 N–H and O–H groups in total. The van der Waals surface area contributed by atoms with Crippen LogP contribution in [0.3, 0.4) is 0 Å². The number of nitrogens with one attached hydrogen (secondary N) is 1. The lowest BCUT2D eigenvalue weighted by Crippen LogP contribution is -2.28. The first kappa shape index (κ1) is 13.4. The van der Waals surface area contributed by atoms with Crippen LogP contribution in [0.15, 0.2) is 18.2 Å². The highest BCUT2D eigenvalue weighted by Gasteiger charge is 2.20. The molecule has 2 heteroatoms. The zero-order chi connectivity index (χ0) is 13.0. The summed E-state index contributed by atoms with van der Waals surface area (Å²) >= 11 is 0. The Morgan fingerprint density at radius 1 is 1.44 bits per heavy atom. The van der Waals surface area contributed by atoms with Gasteiger partial charge in [-0.2, -0.15) is 0 Å². The van der Waals surface area contributed by atoms with E-state index in [2.05, 4.69) is 37.4 Å². The lowest BCUT2D eigenvalue weighted by atomic mass is 9.87. The average Bonchev–Trinajstić information content (AvgIpc) is 2.43. The molecule has 2 rings (SSSR count). The fourth-order valence-corrected chi connectivity index (χ4v) is 2.62. The molecule has 1 aliphatic rings. The van der Waals surface area contributed by atoms with E-state index in [0.717, 1.165) is 18.2 Å². The summed E-state index contributed by atoms with van der Waals surface area (Å²) in [7, 11) is 1.74. The Balaban J connectivity index is 2.08. The van der Waals surface area contributed by atoms with Crippen LogP contribution in [-0.4, -0.2) is 13.7 Å². The van der Waals surface area contributed by atoms with Crippen LogP contribution in [0.5, 0.6) is 5.75 Å². The summed E-state index contributed by atoms with van der Waals surface area (Å²) in [5, 5.41) is 3.73. The molecule has 0 aliphatic heterocycles. The molecule has 0 saturated carbocycles. The van der Waals surface area contributed by atoms with Gasteiger partial charge in [0.05, 0.1) is 7.11 Å². The van der Waals surface area contributed by atoms with Gasteiger partial charge in [0, 0.05) is 6.04 Å². The number of methoxy groups -OCH3 is 1. The second kappa shape index (κ2) is 6.24. The molecule has 0 heterocycles. The molecule has 0 spiro atoms. The van der Waals surface area contributed by atoms with Crippen LogP contribution in [0.25, 0.3) is 0 Å². The minimum Gasteiger partial charge on any atom is -0.497 e. The quantitative estimate of drug-likeness (QED) is 0.856. The maximum Gasteiger partial charge on any atom is 0.119 e. The summed E-state index contributed by atoms with van der Waals surface area (Å²) in [6, 6.07) is 7.06. The van der Waals surface area contributed by atoms with E-state index < -0.39 is 0 Å². The van der Waals surface area contributed by atoms with Crippen LogP contribution >= 0.6 is 0 Å². The highest BCUT2D eigenvalue weighted by Crippen LogP contribution is 2.32. The number of hydrogen-bond acceptors (Lipinski definition) is 2. The predicted octanol–water partition coefficient (Wildman–Crippen LogP) is 3.71. The van der Waals surface area contributed by atoms with Gasteiger partial charge in [-0.15, -0.1) is 0 Å². The Bertz CT molecular complexity index is 389. The molecule has 1 aromatic rings. The first-order valence-corrected chi connectivity index (χ1v) is 7.14. The smallest absolute Gasteiger partial charge is 0.119 e. The maximum atomic E-state index is 5.31. The molecule has 1 aromatic carbocycles. The fourth-order valence-electron chi connectivity index (χ4n) is 2.62. The summed E-state index contributed by atoms with van der Waals surface area (Å²) in [5.74, 6) is 1.74. The van der Waals surface area contributed by atoms with E-state index in [9.17, 15) is 0 Å². The lowest BCUT2D eigenvalue weighted by molar-refractivity contribution is 0.400. The SMILES string of the molecule is CCC(C)CNC1CCCc2cc(OC)ccc21. The maximum absolute atomic E-state index is 5.31. The van der Waals surface area contributed by atoms with Crippen LogP contribution in [-0.2, 0) is 6.42 Å². The molecule has 1 aliphatic carbocycles. The topological polar surface area (TPSA) is 21.3 Å². The van der Waals surface area contributed by atoms with Gasteiger partial charge in [-0.05, 0) is 55.0 Å². The van der Waals surface area contributed by atoms with Crippen LogP contribution in [0.4, 0.5) is 0 Å². The fraction of sp³-hybridized carbons (Fsp3) is 0.625. The average molecular weight is 247 g/mol. The Labute approximate surface area is 111 Å². The molecule has 2 atom stereocenters. The molecule has 0 amide bonds. The van der Waals surface area contributed by atoms with Crippen molar-refractivity contribution in [3.05, 3.63) is 29.3 Å². The predicted molar refractivity (Wildman–Crippen MR) is 76.1 cm³/mol. The number of aryl methyl sites for hydroxylation is 1. The Morgan fingerprint density at radius 2 is 2.28 bits per heavy atom. The summed E-state index contributed by atoms with van der Waals surface area (Å²) < 4.78 is 5.31. The Kier molecular flexibility index (Phi) is 4.65. The van der Waals surface area contributed by atoms with Crippen molar-refractivity contribution in [2.75, 3.05) is 13.7 Å². The van der Waals surface area contributed by atoms with E-state index in [0.29, 0.717) is 6.04 Å². The van der Waals surface area contributed by atoms with Gasteiger partial charge in [0.15, 0.2) is 0 Å².